The summed E-state index contributed by atoms with van der Waals surface area (Å²) in [6.07, 6.45) is -0.477. The summed E-state index contributed by atoms with van der Waals surface area (Å²) in [7, 11) is 0. The Morgan fingerprint density at radius 2 is 1.65 bits per heavy atom. The van der Waals surface area contributed by atoms with Crippen LogP contribution in [-0.2, 0) is 11.2 Å². The van der Waals surface area contributed by atoms with Crippen molar-refractivity contribution in [3.8, 4) is 0 Å². The number of nitrogens with one attached hydrogen (secondary N) is 1. The molecule has 0 aromatic heterocycles. The fraction of sp³-hybridized carbons (Fsp3) is 0.222. The molecule has 0 radical (unpaired) electrons. The number of aliphatic hydroxyl groups excluding tert-OH is 1. The molecular formula is C18H19NO4. The summed E-state index contributed by atoms with van der Waals surface area (Å²) in [5.41, 5.74) is 1.87. The van der Waals surface area contributed by atoms with Gasteiger partial charge in [-0.15, -0.1) is 0 Å². The zero-order chi connectivity index (χ0) is 16.8. The van der Waals surface area contributed by atoms with Crippen molar-refractivity contribution in [2.24, 2.45) is 0 Å². The minimum atomic E-state index is -1.42. The van der Waals surface area contributed by atoms with Gasteiger partial charge >= 0.3 is 5.97 Å². The Morgan fingerprint density at radius 1 is 1.04 bits per heavy atom. The van der Waals surface area contributed by atoms with Crippen molar-refractivity contribution in [3.05, 3.63) is 71.3 Å². The first-order chi connectivity index (χ1) is 11.0. The first kappa shape index (κ1) is 16.7. The maximum atomic E-state index is 12.1. The Balaban J connectivity index is 2.17. The summed E-state index contributed by atoms with van der Waals surface area (Å²) in [6, 6.07) is 13.9. The summed E-state index contributed by atoms with van der Waals surface area (Å²) >= 11 is 0. The van der Waals surface area contributed by atoms with E-state index >= 15 is 0 Å². The van der Waals surface area contributed by atoms with E-state index in [1.165, 1.54) is 0 Å². The Hall–Kier alpha value is -2.66. The van der Waals surface area contributed by atoms with Gasteiger partial charge in [0.2, 0.25) is 0 Å². The minimum absolute atomic E-state index is 0.340. The van der Waals surface area contributed by atoms with Crippen LogP contribution >= 0.6 is 0 Å². The maximum Gasteiger partial charge on any atom is 0.329 e. The van der Waals surface area contributed by atoms with Crippen molar-refractivity contribution >= 4 is 11.9 Å². The average molecular weight is 313 g/mol. The highest BCUT2D eigenvalue weighted by Gasteiger charge is 2.29. The number of hydrogen-bond acceptors (Lipinski definition) is 3. The topological polar surface area (TPSA) is 86.6 Å². The van der Waals surface area contributed by atoms with Gasteiger partial charge in [0, 0.05) is 5.56 Å². The lowest BCUT2D eigenvalue weighted by Crippen LogP contribution is -2.45. The van der Waals surface area contributed by atoms with Gasteiger partial charge in [-0.25, -0.2) is 4.79 Å². The maximum absolute atomic E-state index is 12.1. The standard InChI is InChI=1S/C18H19NO4/c1-2-12-8-10-13(11-9-12)16(20)15(18(22)23)19-17(21)14-6-4-3-5-7-14/h3-11,15-16,20H,2H2,1H3,(H,19,21)(H,22,23). The van der Waals surface area contributed by atoms with Gasteiger partial charge in [0.1, 0.15) is 6.10 Å². The van der Waals surface area contributed by atoms with E-state index in [9.17, 15) is 19.8 Å². The number of aliphatic hydroxyl groups is 1. The van der Waals surface area contributed by atoms with E-state index in [0.29, 0.717) is 11.1 Å². The summed E-state index contributed by atoms with van der Waals surface area (Å²) in [4.78, 5) is 23.5. The predicted molar refractivity (Wildman–Crippen MR) is 86.1 cm³/mol. The summed E-state index contributed by atoms with van der Waals surface area (Å²) < 4.78 is 0. The van der Waals surface area contributed by atoms with E-state index in [0.717, 1.165) is 12.0 Å². The van der Waals surface area contributed by atoms with E-state index in [4.69, 9.17) is 0 Å². The van der Waals surface area contributed by atoms with Crippen LogP contribution in [0.2, 0.25) is 0 Å². The number of carboxylic acids is 1. The predicted octanol–water partition coefficient (Wildman–Crippen LogP) is 2.17. The zero-order valence-electron chi connectivity index (χ0n) is 12.8. The van der Waals surface area contributed by atoms with E-state index in [1.54, 1.807) is 42.5 Å². The molecule has 0 aliphatic heterocycles. The van der Waals surface area contributed by atoms with Crippen molar-refractivity contribution in [2.45, 2.75) is 25.5 Å². The van der Waals surface area contributed by atoms with Gasteiger partial charge in [0.05, 0.1) is 0 Å². The molecule has 0 saturated heterocycles. The molecule has 0 spiro atoms. The van der Waals surface area contributed by atoms with E-state index in [2.05, 4.69) is 5.32 Å². The molecule has 5 heteroatoms. The Morgan fingerprint density at radius 3 is 2.17 bits per heavy atom. The van der Waals surface area contributed by atoms with Crippen LogP contribution in [0.5, 0.6) is 0 Å². The third-order valence-electron chi connectivity index (χ3n) is 3.63. The molecule has 0 saturated carbocycles. The fourth-order valence-electron chi connectivity index (χ4n) is 2.23. The SMILES string of the molecule is CCc1ccc(C(O)C(NC(=O)c2ccccc2)C(=O)O)cc1. The van der Waals surface area contributed by atoms with E-state index in [-0.39, 0.29) is 0 Å². The second kappa shape index (κ2) is 7.56. The normalized spacial score (nSPS) is 13.1. The molecule has 0 aliphatic carbocycles. The van der Waals surface area contributed by atoms with Crippen molar-refractivity contribution in [3.63, 3.8) is 0 Å². The van der Waals surface area contributed by atoms with Gasteiger partial charge in [0.15, 0.2) is 6.04 Å². The molecule has 2 unspecified atom stereocenters. The smallest absolute Gasteiger partial charge is 0.329 e. The van der Waals surface area contributed by atoms with Crippen LogP contribution in [0.25, 0.3) is 0 Å². The molecule has 0 heterocycles. The number of carbonyl (C=O) groups excluding carboxylic acids is 1. The minimum Gasteiger partial charge on any atom is -0.480 e. The molecule has 2 rings (SSSR count). The van der Waals surface area contributed by atoms with Crippen molar-refractivity contribution in [2.75, 3.05) is 0 Å². The highest BCUT2D eigenvalue weighted by molar-refractivity contribution is 5.96. The second-order valence-electron chi connectivity index (χ2n) is 5.20. The highest BCUT2D eigenvalue weighted by atomic mass is 16.4. The molecule has 5 nitrogen and oxygen atoms in total. The first-order valence-electron chi connectivity index (χ1n) is 7.38. The first-order valence-corrected chi connectivity index (χ1v) is 7.38. The summed E-state index contributed by atoms with van der Waals surface area (Å²) in [6.45, 7) is 2.01. The van der Waals surface area contributed by atoms with Crippen LogP contribution in [0.1, 0.15) is 34.5 Å². The molecule has 120 valence electrons. The quantitative estimate of drug-likeness (QED) is 0.763. The van der Waals surface area contributed by atoms with Crippen LogP contribution in [0.3, 0.4) is 0 Å². The van der Waals surface area contributed by atoms with Crippen molar-refractivity contribution < 1.29 is 19.8 Å². The van der Waals surface area contributed by atoms with Crippen LogP contribution in [0.4, 0.5) is 0 Å². The Labute approximate surface area is 134 Å². The molecule has 3 N–H and O–H groups in total. The molecule has 23 heavy (non-hydrogen) atoms. The number of benzene rings is 2. The lowest BCUT2D eigenvalue weighted by molar-refractivity contribution is -0.142. The summed E-state index contributed by atoms with van der Waals surface area (Å²) in [5, 5.41) is 22.0. The highest BCUT2D eigenvalue weighted by Crippen LogP contribution is 2.18. The van der Waals surface area contributed by atoms with Gasteiger partial charge < -0.3 is 15.5 Å². The van der Waals surface area contributed by atoms with Gasteiger partial charge in [-0.05, 0) is 29.7 Å². The van der Waals surface area contributed by atoms with Gasteiger partial charge in [-0.3, -0.25) is 4.79 Å². The number of aliphatic carboxylic acids is 1. The molecule has 0 bridgehead atoms. The number of carbonyl (C=O) groups is 2. The molecule has 2 atom stereocenters. The number of hydrogen-bond donors (Lipinski definition) is 3. The Kier molecular flexibility index (Phi) is 5.49. The molecule has 0 fully saturated rings. The third-order valence-corrected chi connectivity index (χ3v) is 3.63. The van der Waals surface area contributed by atoms with Crippen LogP contribution in [-0.4, -0.2) is 28.1 Å². The van der Waals surface area contributed by atoms with Crippen LogP contribution in [0, 0.1) is 0 Å². The molecule has 1 amide bonds. The molecule has 0 aliphatic rings. The lowest BCUT2D eigenvalue weighted by Gasteiger charge is -2.21. The lowest BCUT2D eigenvalue weighted by atomic mass is 10.00. The van der Waals surface area contributed by atoms with Gasteiger partial charge in [-0.1, -0.05) is 49.4 Å². The number of amides is 1. The average Bonchev–Trinajstić information content (AvgIpc) is 2.59. The van der Waals surface area contributed by atoms with Crippen LogP contribution < -0.4 is 5.32 Å². The van der Waals surface area contributed by atoms with Crippen molar-refractivity contribution in [1.82, 2.24) is 5.32 Å². The molecule has 2 aromatic carbocycles. The fourth-order valence-corrected chi connectivity index (χ4v) is 2.23. The second-order valence-corrected chi connectivity index (χ2v) is 5.20. The number of carboxylic acid groups (broad SMARTS) is 1. The molecular weight excluding hydrogens is 294 g/mol. The third kappa shape index (κ3) is 4.17. The van der Waals surface area contributed by atoms with Gasteiger partial charge in [-0.2, -0.15) is 0 Å². The van der Waals surface area contributed by atoms with E-state index < -0.39 is 24.0 Å². The van der Waals surface area contributed by atoms with Gasteiger partial charge in [0.25, 0.3) is 5.91 Å². The van der Waals surface area contributed by atoms with Crippen molar-refractivity contribution in [1.29, 1.82) is 0 Å². The largest absolute Gasteiger partial charge is 0.480 e. The summed E-state index contributed by atoms with van der Waals surface area (Å²) in [5.74, 6) is -1.83. The molecule has 2 aromatic rings. The van der Waals surface area contributed by atoms with E-state index in [1.807, 2.05) is 19.1 Å². The number of rotatable bonds is 6. The monoisotopic (exact) mass is 313 g/mol. The Bertz CT molecular complexity index is 667. The number of aryl methyl sites for hydroxylation is 1. The zero-order valence-corrected chi connectivity index (χ0v) is 12.8. The van der Waals surface area contributed by atoms with Crippen LogP contribution in [0.15, 0.2) is 54.6 Å².